The van der Waals surface area contributed by atoms with Crippen molar-refractivity contribution in [2.75, 3.05) is 18.4 Å². The van der Waals surface area contributed by atoms with Gasteiger partial charge in [-0.3, -0.25) is 0 Å². The van der Waals surface area contributed by atoms with Crippen LogP contribution in [0, 0.1) is 0 Å². The molecule has 2 heterocycles. The first-order valence-electron chi connectivity index (χ1n) is 8.39. The number of nitrogens with one attached hydrogen (secondary N) is 2. The molecule has 0 saturated carbocycles. The molecule has 2 amide bonds. The minimum absolute atomic E-state index is 0.0985. The zero-order chi connectivity index (χ0) is 18.0. The maximum Gasteiger partial charge on any atom is 0.321 e. The molecule has 1 aromatic heterocycles. The lowest BCUT2D eigenvalue weighted by Gasteiger charge is -2.32. The molecule has 6 nitrogen and oxygen atoms in total. The number of amides is 2. The van der Waals surface area contributed by atoms with E-state index >= 15 is 0 Å². The summed E-state index contributed by atoms with van der Waals surface area (Å²) in [5.74, 6) is 0. The number of hydrogen-bond donors (Lipinski definition) is 2. The van der Waals surface area contributed by atoms with Crippen molar-refractivity contribution in [3.8, 4) is 0 Å². The molecule has 8 heteroatoms. The summed E-state index contributed by atoms with van der Waals surface area (Å²) in [6.07, 6.45) is 1.26. The van der Waals surface area contributed by atoms with Crippen molar-refractivity contribution in [2.45, 2.75) is 38.0 Å². The molecule has 136 valence electrons. The summed E-state index contributed by atoms with van der Waals surface area (Å²) in [6.45, 7) is 4.40. The van der Waals surface area contributed by atoms with E-state index in [1.165, 1.54) is 4.70 Å². The molecule has 0 bridgehead atoms. The predicted octanol–water partition coefficient (Wildman–Crippen LogP) is 3.23. The second-order valence-corrected chi connectivity index (χ2v) is 9.79. The summed E-state index contributed by atoms with van der Waals surface area (Å²) >= 11 is 1.67. The van der Waals surface area contributed by atoms with Gasteiger partial charge < -0.3 is 10.2 Å². The molecule has 1 aromatic carbocycles. The molecule has 0 aliphatic carbocycles. The standard InChI is InChI=1S/C17H23N3O3S2/c1-12(2)25(22,23)19-14-5-8-20(9-6-14)17(21)18-15-3-4-16-13(11-15)7-10-24-16/h3-4,7,10-12,14,19H,5-6,8-9H2,1-2H3,(H,18,21). The zero-order valence-corrected chi connectivity index (χ0v) is 16.0. The SMILES string of the molecule is CC(C)S(=O)(=O)NC1CCN(C(=O)Nc2ccc3sccc3c2)CC1. The molecule has 1 fully saturated rings. The van der Waals surface area contributed by atoms with E-state index in [1.54, 1.807) is 30.1 Å². The lowest BCUT2D eigenvalue weighted by atomic mass is 10.1. The average Bonchev–Trinajstić information content (AvgIpc) is 3.02. The zero-order valence-electron chi connectivity index (χ0n) is 14.4. The van der Waals surface area contributed by atoms with Crippen molar-refractivity contribution < 1.29 is 13.2 Å². The Hall–Kier alpha value is -1.64. The molecule has 0 atom stereocenters. The van der Waals surface area contributed by atoms with Gasteiger partial charge in [-0.1, -0.05) is 0 Å². The summed E-state index contributed by atoms with van der Waals surface area (Å²) in [6, 6.07) is 7.66. The molecular formula is C17H23N3O3S2. The number of carbonyl (C=O) groups excluding carboxylic acids is 1. The third kappa shape index (κ3) is 4.31. The fraction of sp³-hybridized carbons (Fsp3) is 0.471. The Morgan fingerprint density at radius 3 is 2.64 bits per heavy atom. The fourth-order valence-electron chi connectivity index (χ4n) is 2.82. The van der Waals surface area contributed by atoms with Crippen LogP contribution >= 0.6 is 11.3 Å². The van der Waals surface area contributed by atoms with Crippen LogP contribution in [0.2, 0.25) is 0 Å². The summed E-state index contributed by atoms with van der Waals surface area (Å²) in [5.41, 5.74) is 0.776. The van der Waals surface area contributed by atoms with E-state index in [1.807, 2.05) is 29.6 Å². The molecule has 0 unspecified atom stereocenters. The van der Waals surface area contributed by atoms with Crippen LogP contribution in [-0.4, -0.2) is 43.7 Å². The van der Waals surface area contributed by atoms with E-state index in [0.29, 0.717) is 25.9 Å². The number of thiophene rings is 1. The van der Waals surface area contributed by atoms with Crippen LogP contribution in [0.15, 0.2) is 29.6 Å². The van der Waals surface area contributed by atoms with Gasteiger partial charge in [-0.05, 0) is 61.7 Å². The number of likely N-dealkylation sites (tertiary alicyclic amines) is 1. The van der Waals surface area contributed by atoms with Gasteiger partial charge in [-0.15, -0.1) is 11.3 Å². The molecule has 1 aliphatic rings. The Kier molecular flexibility index (Phi) is 5.31. The van der Waals surface area contributed by atoms with Gasteiger partial charge >= 0.3 is 6.03 Å². The van der Waals surface area contributed by atoms with Crippen LogP contribution in [-0.2, 0) is 10.0 Å². The van der Waals surface area contributed by atoms with Crippen LogP contribution in [0.3, 0.4) is 0 Å². The van der Waals surface area contributed by atoms with Gasteiger partial charge in [0.05, 0.1) is 5.25 Å². The number of anilines is 1. The Morgan fingerprint density at radius 2 is 1.96 bits per heavy atom. The Labute approximate surface area is 152 Å². The Balaban J connectivity index is 1.54. The number of sulfonamides is 1. The van der Waals surface area contributed by atoms with E-state index in [4.69, 9.17) is 0 Å². The molecule has 2 aromatic rings. The maximum absolute atomic E-state index is 12.4. The summed E-state index contributed by atoms with van der Waals surface area (Å²) in [5, 5.41) is 5.63. The van der Waals surface area contributed by atoms with E-state index in [9.17, 15) is 13.2 Å². The van der Waals surface area contributed by atoms with Crippen LogP contribution < -0.4 is 10.0 Å². The van der Waals surface area contributed by atoms with E-state index in [0.717, 1.165) is 11.1 Å². The summed E-state index contributed by atoms with van der Waals surface area (Å²) < 4.78 is 27.8. The van der Waals surface area contributed by atoms with Crippen LogP contribution in [0.1, 0.15) is 26.7 Å². The first-order valence-corrected chi connectivity index (χ1v) is 10.8. The van der Waals surface area contributed by atoms with Gasteiger partial charge in [0.15, 0.2) is 0 Å². The lowest BCUT2D eigenvalue weighted by molar-refractivity contribution is 0.193. The van der Waals surface area contributed by atoms with Gasteiger partial charge in [0.2, 0.25) is 10.0 Å². The van der Waals surface area contributed by atoms with Crippen molar-refractivity contribution in [2.24, 2.45) is 0 Å². The van der Waals surface area contributed by atoms with Crippen LogP contribution in [0.4, 0.5) is 10.5 Å². The monoisotopic (exact) mass is 381 g/mol. The van der Waals surface area contributed by atoms with E-state index in [-0.39, 0.29) is 12.1 Å². The average molecular weight is 382 g/mol. The van der Waals surface area contributed by atoms with Crippen molar-refractivity contribution in [3.05, 3.63) is 29.6 Å². The lowest BCUT2D eigenvalue weighted by Crippen LogP contribution is -2.48. The number of carbonyl (C=O) groups is 1. The molecule has 25 heavy (non-hydrogen) atoms. The van der Waals surface area contributed by atoms with Crippen molar-refractivity contribution in [1.82, 2.24) is 9.62 Å². The second kappa shape index (κ2) is 7.31. The van der Waals surface area contributed by atoms with Gasteiger partial charge in [-0.2, -0.15) is 0 Å². The molecule has 3 rings (SSSR count). The molecule has 2 N–H and O–H groups in total. The van der Waals surface area contributed by atoms with Crippen molar-refractivity contribution >= 4 is 43.2 Å². The minimum atomic E-state index is -3.27. The number of rotatable bonds is 4. The van der Waals surface area contributed by atoms with Gasteiger partial charge in [0.1, 0.15) is 0 Å². The number of hydrogen-bond acceptors (Lipinski definition) is 4. The highest BCUT2D eigenvalue weighted by atomic mass is 32.2. The normalized spacial score (nSPS) is 16.5. The van der Waals surface area contributed by atoms with Crippen LogP contribution in [0.5, 0.6) is 0 Å². The quantitative estimate of drug-likeness (QED) is 0.853. The molecular weight excluding hydrogens is 358 g/mol. The Morgan fingerprint density at radius 1 is 1.24 bits per heavy atom. The van der Waals surface area contributed by atoms with E-state index < -0.39 is 15.3 Å². The smallest absolute Gasteiger partial charge is 0.321 e. The van der Waals surface area contributed by atoms with Crippen LogP contribution in [0.25, 0.3) is 10.1 Å². The van der Waals surface area contributed by atoms with Gasteiger partial charge in [0, 0.05) is 29.5 Å². The molecule has 1 saturated heterocycles. The highest BCUT2D eigenvalue weighted by Crippen LogP contribution is 2.24. The molecule has 0 radical (unpaired) electrons. The predicted molar refractivity (Wildman–Crippen MR) is 103 cm³/mol. The Bertz CT molecular complexity index is 853. The first kappa shape index (κ1) is 18.2. The second-order valence-electron chi connectivity index (χ2n) is 6.58. The van der Waals surface area contributed by atoms with Gasteiger partial charge in [0.25, 0.3) is 0 Å². The maximum atomic E-state index is 12.4. The highest BCUT2D eigenvalue weighted by Gasteiger charge is 2.27. The fourth-order valence-corrected chi connectivity index (χ4v) is 4.56. The van der Waals surface area contributed by atoms with E-state index in [2.05, 4.69) is 10.0 Å². The number of nitrogens with zero attached hydrogens (tertiary/aromatic N) is 1. The van der Waals surface area contributed by atoms with Gasteiger partial charge in [-0.25, -0.2) is 17.9 Å². The number of benzene rings is 1. The third-order valence-electron chi connectivity index (χ3n) is 4.44. The first-order chi connectivity index (χ1) is 11.8. The molecule has 1 aliphatic heterocycles. The highest BCUT2D eigenvalue weighted by molar-refractivity contribution is 7.90. The molecule has 0 spiro atoms. The third-order valence-corrected chi connectivity index (χ3v) is 7.24. The summed E-state index contributed by atoms with van der Waals surface area (Å²) in [7, 11) is -3.27. The number of urea groups is 1. The summed E-state index contributed by atoms with van der Waals surface area (Å²) in [4.78, 5) is 14.2. The topological polar surface area (TPSA) is 78.5 Å². The van der Waals surface area contributed by atoms with Crippen molar-refractivity contribution in [1.29, 1.82) is 0 Å². The minimum Gasteiger partial charge on any atom is -0.324 e. The number of piperidine rings is 1. The largest absolute Gasteiger partial charge is 0.324 e. The van der Waals surface area contributed by atoms with Crippen molar-refractivity contribution in [3.63, 3.8) is 0 Å². The number of fused-ring (bicyclic) bond motifs is 1.